The van der Waals surface area contributed by atoms with Crippen LogP contribution in [0.5, 0.6) is 0 Å². The zero-order chi connectivity index (χ0) is 11.1. The van der Waals surface area contributed by atoms with Crippen molar-refractivity contribution in [2.75, 3.05) is 0 Å². The van der Waals surface area contributed by atoms with Gasteiger partial charge in [0.15, 0.2) is 0 Å². The second-order valence-electron chi connectivity index (χ2n) is 2.74. The van der Waals surface area contributed by atoms with E-state index >= 15 is 0 Å². The van der Waals surface area contributed by atoms with E-state index in [1.54, 1.807) is 17.2 Å². The Labute approximate surface area is 86.3 Å². The van der Waals surface area contributed by atoms with Gasteiger partial charge in [-0.15, -0.1) is 0 Å². The molecular formula is C10H9N3O2. The fourth-order valence-electron chi connectivity index (χ4n) is 1.03. The number of benzene rings is 1. The number of aromatic nitrogens is 3. The molecule has 15 heavy (non-hydrogen) atoms. The van der Waals surface area contributed by atoms with Crippen molar-refractivity contribution in [3.8, 4) is 5.69 Å². The lowest BCUT2D eigenvalue weighted by molar-refractivity contribution is -0.191. The van der Waals surface area contributed by atoms with Crippen molar-refractivity contribution in [1.29, 1.82) is 0 Å². The van der Waals surface area contributed by atoms with Crippen LogP contribution in [0.1, 0.15) is 5.56 Å². The molecule has 0 unspecified atom stereocenters. The Balaban J connectivity index is 0.000000337. The Morgan fingerprint density at radius 3 is 2.00 bits per heavy atom. The fraction of sp³-hybridized carbons (Fsp3) is 0.100. The van der Waals surface area contributed by atoms with Gasteiger partial charge in [-0.3, -0.25) is 0 Å². The predicted octanol–water partition coefficient (Wildman–Crippen LogP) is 0.992. The Morgan fingerprint density at radius 1 is 1.07 bits per heavy atom. The van der Waals surface area contributed by atoms with Gasteiger partial charge in [0.05, 0.1) is 18.1 Å². The molecule has 2 rings (SSSR count). The fourth-order valence-corrected chi connectivity index (χ4v) is 1.03. The van der Waals surface area contributed by atoms with Crippen molar-refractivity contribution in [2.45, 2.75) is 6.92 Å². The molecule has 5 heteroatoms. The van der Waals surface area contributed by atoms with Crippen LogP contribution in [0.3, 0.4) is 0 Å². The molecule has 0 aliphatic rings. The van der Waals surface area contributed by atoms with Gasteiger partial charge in [0.25, 0.3) is 0 Å². The van der Waals surface area contributed by atoms with E-state index in [0.29, 0.717) is 0 Å². The van der Waals surface area contributed by atoms with Crippen LogP contribution < -0.4 is 0 Å². The lowest BCUT2D eigenvalue weighted by Crippen LogP contribution is -1.97. The van der Waals surface area contributed by atoms with E-state index in [4.69, 9.17) is 9.59 Å². The highest BCUT2D eigenvalue weighted by atomic mass is 16.2. The van der Waals surface area contributed by atoms with E-state index in [9.17, 15) is 0 Å². The first-order chi connectivity index (χ1) is 7.27. The third kappa shape index (κ3) is 3.17. The van der Waals surface area contributed by atoms with Crippen LogP contribution >= 0.6 is 0 Å². The van der Waals surface area contributed by atoms with Crippen LogP contribution in [-0.2, 0) is 9.59 Å². The average Bonchev–Trinajstić information content (AvgIpc) is 2.73. The molecule has 0 aliphatic heterocycles. The lowest BCUT2D eigenvalue weighted by atomic mass is 10.2. The quantitative estimate of drug-likeness (QED) is 0.693. The molecular weight excluding hydrogens is 194 g/mol. The highest BCUT2D eigenvalue weighted by Gasteiger charge is 1.94. The summed E-state index contributed by atoms with van der Waals surface area (Å²) in [6.07, 6.45) is 3.58. The van der Waals surface area contributed by atoms with Crippen molar-refractivity contribution in [3.63, 3.8) is 0 Å². The summed E-state index contributed by atoms with van der Waals surface area (Å²) in [5.74, 6) is 0. The molecule has 2 aromatic rings. The number of aryl methyl sites for hydroxylation is 1. The van der Waals surface area contributed by atoms with Gasteiger partial charge in [0.1, 0.15) is 0 Å². The second-order valence-corrected chi connectivity index (χ2v) is 2.74. The van der Waals surface area contributed by atoms with Gasteiger partial charge in [-0.25, -0.2) is 0 Å². The third-order valence-electron chi connectivity index (χ3n) is 1.68. The van der Waals surface area contributed by atoms with Crippen LogP contribution in [0.4, 0.5) is 0 Å². The van der Waals surface area contributed by atoms with Gasteiger partial charge < -0.3 is 0 Å². The molecule has 1 aromatic heterocycles. The second kappa shape index (κ2) is 5.47. The smallest absolute Gasteiger partial charge is 0.186 e. The van der Waals surface area contributed by atoms with Crippen LogP contribution in [-0.4, -0.2) is 21.1 Å². The van der Waals surface area contributed by atoms with Gasteiger partial charge in [-0.2, -0.15) is 24.6 Å². The minimum atomic E-state index is 0.250. The van der Waals surface area contributed by atoms with E-state index < -0.39 is 0 Å². The number of carbonyl (C=O) groups excluding carboxylic acids is 2. The maximum absolute atomic E-state index is 8.12. The van der Waals surface area contributed by atoms with Crippen LogP contribution in [0.2, 0.25) is 0 Å². The molecule has 0 fully saturated rings. The zero-order valence-electron chi connectivity index (χ0n) is 8.12. The van der Waals surface area contributed by atoms with E-state index in [-0.39, 0.29) is 6.15 Å². The number of nitrogens with zero attached hydrogens (tertiary/aromatic N) is 3. The minimum absolute atomic E-state index is 0.250. The van der Waals surface area contributed by atoms with Crippen LogP contribution in [0.25, 0.3) is 5.69 Å². The first-order valence-electron chi connectivity index (χ1n) is 4.20. The average molecular weight is 203 g/mol. The molecule has 0 amide bonds. The first-order valence-corrected chi connectivity index (χ1v) is 4.20. The molecule has 0 spiro atoms. The molecule has 1 heterocycles. The summed E-state index contributed by atoms with van der Waals surface area (Å²) in [5, 5.41) is 8.04. The molecule has 1 aromatic carbocycles. The molecule has 0 radical (unpaired) electrons. The molecule has 0 aliphatic carbocycles. The maximum atomic E-state index is 8.12. The summed E-state index contributed by atoms with van der Waals surface area (Å²) in [6.45, 7) is 2.06. The number of hydrogen-bond acceptors (Lipinski definition) is 4. The lowest BCUT2D eigenvalue weighted by Gasteiger charge is -1.98. The topological polar surface area (TPSA) is 64.8 Å². The summed E-state index contributed by atoms with van der Waals surface area (Å²) in [6, 6.07) is 8.07. The van der Waals surface area contributed by atoms with Crippen molar-refractivity contribution in [1.82, 2.24) is 15.0 Å². The molecule has 0 bridgehead atoms. The zero-order valence-corrected chi connectivity index (χ0v) is 8.12. The number of hydrogen-bond donors (Lipinski definition) is 0. The molecule has 76 valence electrons. The maximum Gasteiger partial charge on any atom is 0.373 e. The summed E-state index contributed by atoms with van der Waals surface area (Å²) < 4.78 is 0. The van der Waals surface area contributed by atoms with Crippen molar-refractivity contribution < 1.29 is 9.59 Å². The van der Waals surface area contributed by atoms with Gasteiger partial charge in [-0.05, 0) is 19.1 Å². The Morgan fingerprint density at radius 2 is 1.53 bits per heavy atom. The molecule has 0 saturated carbocycles. The van der Waals surface area contributed by atoms with E-state index in [0.717, 1.165) is 5.69 Å². The van der Waals surface area contributed by atoms with E-state index in [1.807, 2.05) is 24.3 Å². The largest absolute Gasteiger partial charge is 0.373 e. The molecule has 0 saturated heterocycles. The Bertz CT molecular complexity index is 428. The van der Waals surface area contributed by atoms with Gasteiger partial charge in [0.2, 0.25) is 0 Å². The summed E-state index contributed by atoms with van der Waals surface area (Å²) >= 11 is 0. The van der Waals surface area contributed by atoms with E-state index in [1.165, 1.54) is 5.56 Å². The summed E-state index contributed by atoms with van der Waals surface area (Å²) in [7, 11) is 0. The van der Waals surface area contributed by atoms with Crippen molar-refractivity contribution >= 4 is 6.15 Å². The standard InChI is InChI=1S/C9H9N3.CO2/c1-8-2-4-9(5-3-8)12-10-6-7-11-12;2-1-3/h2-7H,1H3;. The van der Waals surface area contributed by atoms with Crippen molar-refractivity contribution in [3.05, 3.63) is 42.2 Å². The Hall–Kier alpha value is -2.26. The summed E-state index contributed by atoms with van der Waals surface area (Å²) in [4.78, 5) is 17.8. The highest BCUT2D eigenvalue weighted by molar-refractivity contribution is 5.31. The first kappa shape index (κ1) is 10.8. The number of rotatable bonds is 1. The van der Waals surface area contributed by atoms with Crippen LogP contribution in [0.15, 0.2) is 36.7 Å². The third-order valence-corrected chi connectivity index (χ3v) is 1.68. The van der Waals surface area contributed by atoms with E-state index in [2.05, 4.69) is 17.1 Å². The van der Waals surface area contributed by atoms with Crippen molar-refractivity contribution in [2.24, 2.45) is 0 Å². The highest BCUT2D eigenvalue weighted by Crippen LogP contribution is 2.05. The Kier molecular flexibility index (Phi) is 3.94. The normalized spacial score (nSPS) is 8.60. The molecule has 0 atom stereocenters. The van der Waals surface area contributed by atoms with Crippen LogP contribution in [0, 0.1) is 6.92 Å². The monoisotopic (exact) mass is 203 g/mol. The van der Waals surface area contributed by atoms with Gasteiger partial charge in [-0.1, -0.05) is 17.7 Å². The minimum Gasteiger partial charge on any atom is -0.186 e. The predicted molar refractivity (Wildman–Crippen MR) is 51.1 cm³/mol. The van der Waals surface area contributed by atoms with Gasteiger partial charge in [0, 0.05) is 0 Å². The SMILES string of the molecule is Cc1ccc(-n2nccn2)cc1.O=C=O. The summed E-state index contributed by atoms with van der Waals surface area (Å²) in [5.41, 5.74) is 2.23. The molecule has 0 N–H and O–H groups in total. The van der Waals surface area contributed by atoms with Gasteiger partial charge >= 0.3 is 6.15 Å². The molecule has 5 nitrogen and oxygen atoms in total.